The number of amides is 2. The van der Waals surface area contributed by atoms with E-state index in [0.29, 0.717) is 18.7 Å². The van der Waals surface area contributed by atoms with E-state index in [1.807, 2.05) is 37.3 Å². The van der Waals surface area contributed by atoms with Crippen LogP contribution in [0, 0.1) is 6.92 Å². The molecule has 1 aliphatic carbocycles. The van der Waals surface area contributed by atoms with Crippen molar-refractivity contribution in [3.8, 4) is 5.69 Å². The van der Waals surface area contributed by atoms with Crippen LogP contribution >= 0.6 is 0 Å². The topological polar surface area (TPSA) is 93.2 Å². The summed E-state index contributed by atoms with van der Waals surface area (Å²) in [6, 6.07) is 8.95. The normalized spacial score (nSPS) is 20.9. The number of rotatable bonds is 3. The van der Waals surface area contributed by atoms with Gasteiger partial charge in [0.15, 0.2) is 0 Å². The average Bonchev–Trinajstić information content (AvgIpc) is 2.73. The number of nitrogens with zero attached hydrogens (tertiary/aromatic N) is 2. The van der Waals surface area contributed by atoms with Gasteiger partial charge in [-0.3, -0.25) is 5.32 Å². The minimum Gasteiger partial charge on any atom is -0.393 e. The third-order valence-electron chi connectivity index (χ3n) is 3.90. The number of aliphatic hydroxyl groups excluding tert-OH is 1. The van der Waals surface area contributed by atoms with Crippen molar-refractivity contribution in [3.63, 3.8) is 0 Å². The summed E-state index contributed by atoms with van der Waals surface area (Å²) in [5, 5.41) is 16.8. The van der Waals surface area contributed by atoms with Crippen LogP contribution < -0.4 is 11.1 Å². The summed E-state index contributed by atoms with van der Waals surface area (Å²) in [5.41, 5.74) is 7.93. The Balaban J connectivity index is 2.05. The molecule has 0 aliphatic heterocycles. The van der Waals surface area contributed by atoms with Crippen molar-refractivity contribution in [1.29, 1.82) is 0 Å². The van der Waals surface area contributed by atoms with Gasteiger partial charge in [0, 0.05) is 11.5 Å². The molecular weight excluding hydrogens is 268 g/mol. The third kappa shape index (κ3) is 2.50. The van der Waals surface area contributed by atoms with E-state index in [4.69, 9.17) is 5.73 Å². The molecule has 0 radical (unpaired) electrons. The number of para-hydroxylation sites is 1. The number of benzene rings is 1. The predicted molar refractivity (Wildman–Crippen MR) is 79.5 cm³/mol. The highest BCUT2D eigenvalue weighted by atomic mass is 16.3. The fourth-order valence-corrected chi connectivity index (χ4v) is 2.73. The first-order valence-corrected chi connectivity index (χ1v) is 6.95. The van der Waals surface area contributed by atoms with E-state index >= 15 is 0 Å². The van der Waals surface area contributed by atoms with E-state index in [2.05, 4.69) is 10.4 Å². The van der Waals surface area contributed by atoms with Crippen molar-refractivity contribution >= 4 is 11.8 Å². The van der Waals surface area contributed by atoms with E-state index in [0.717, 1.165) is 16.9 Å². The number of aliphatic hydroxyl groups is 1. The van der Waals surface area contributed by atoms with Crippen LogP contribution in [-0.2, 0) is 0 Å². The van der Waals surface area contributed by atoms with Crippen LogP contribution in [0.1, 0.15) is 30.0 Å². The monoisotopic (exact) mass is 286 g/mol. The molecule has 2 amide bonds. The second-order valence-electron chi connectivity index (χ2n) is 5.42. The molecule has 1 heterocycles. The molecule has 0 bridgehead atoms. The van der Waals surface area contributed by atoms with Gasteiger partial charge in [-0.2, -0.15) is 5.10 Å². The minimum atomic E-state index is -0.615. The van der Waals surface area contributed by atoms with E-state index in [1.165, 1.54) is 0 Å². The van der Waals surface area contributed by atoms with Crippen LogP contribution in [-0.4, -0.2) is 27.0 Å². The molecule has 3 rings (SSSR count). The molecule has 0 saturated heterocycles. The predicted octanol–water partition coefficient (Wildman–Crippen LogP) is 1.91. The number of primary amides is 1. The van der Waals surface area contributed by atoms with Gasteiger partial charge in [0.1, 0.15) is 5.82 Å². The lowest BCUT2D eigenvalue weighted by atomic mass is 9.79. The highest BCUT2D eigenvalue weighted by Gasteiger charge is 2.33. The molecule has 0 spiro atoms. The van der Waals surface area contributed by atoms with Gasteiger partial charge in [-0.15, -0.1) is 0 Å². The number of urea groups is 1. The Morgan fingerprint density at radius 3 is 2.62 bits per heavy atom. The number of carbonyl (C=O) groups excluding carboxylic acids is 1. The number of carbonyl (C=O) groups is 1. The van der Waals surface area contributed by atoms with Crippen LogP contribution in [0.3, 0.4) is 0 Å². The molecule has 21 heavy (non-hydrogen) atoms. The van der Waals surface area contributed by atoms with E-state index < -0.39 is 6.03 Å². The molecule has 0 atom stereocenters. The molecule has 1 aromatic heterocycles. The van der Waals surface area contributed by atoms with Crippen molar-refractivity contribution in [2.24, 2.45) is 5.73 Å². The minimum absolute atomic E-state index is 0.235. The van der Waals surface area contributed by atoms with Gasteiger partial charge >= 0.3 is 6.03 Å². The Hall–Kier alpha value is -2.34. The van der Waals surface area contributed by atoms with Crippen LogP contribution in [0.15, 0.2) is 30.3 Å². The molecule has 6 heteroatoms. The molecule has 1 fully saturated rings. The number of hydrogen-bond acceptors (Lipinski definition) is 3. The first-order valence-electron chi connectivity index (χ1n) is 6.95. The quantitative estimate of drug-likeness (QED) is 0.804. The van der Waals surface area contributed by atoms with Gasteiger partial charge in [-0.05, 0) is 31.9 Å². The van der Waals surface area contributed by atoms with Crippen LogP contribution in [0.25, 0.3) is 5.69 Å². The largest absolute Gasteiger partial charge is 0.393 e. The molecule has 1 aliphatic rings. The smallest absolute Gasteiger partial charge is 0.317 e. The lowest BCUT2D eigenvalue weighted by molar-refractivity contribution is 0.0729. The maximum Gasteiger partial charge on any atom is 0.317 e. The third-order valence-corrected chi connectivity index (χ3v) is 3.90. The Morgan fingerprint density at radius 1 is 1.38 bits per heavy atom. The van der Waals surface area contributed by atoms with Crippen LogP contribution in [0.4, 0.5) is 10.6 Å². The van der Waals surface area contributed by atoms with E-state index in [1.54, 1.807) is 4.68 Å². The first kappa shape index (κ1) is 13.6. The summed E-state index contributed by atoms with van der Waals surface area (Å²) in [5.74, 6) is 0.823. The molecule has 0 unspecified atom stereocenters. The van der Waals surface area contributed by atoms with Crippen molar-refractivity contribution in [3.05, 3.63) is 41.6 Å². The molecule has 1 aromatic carbocycles. The van der Waals surface area contributed by atoms with Crippen LogP contribution in [0.2, 0.25) is 0 Å². The lowest BCUT2D eigenvalue weighted by Gasteiger charge is -2.30. The highest BCUT2D eigenvalue weighted by Crippen LogP contribution is 2.39. The number of nitrogens with one attached hydrogen (secondary N) is 1. The summed E-state index contributed by atoms with van der Waals surface area (Å²) >= 11 is 0. The van der Waals surface area contributed by atoms with Crippen molar-refractivity contribution in [2.45, 2.75) is 31.8 Å². The highest BCUT2D eigenvalue weighted by molar-refractivity contribution is 5.88. The number of anilines is 1. The Morgan fingerprint density at radius 2 is 2.05 bits per heavy atom. The van der Waals surface area contributed by atoms with Crippen LogP contribution in [0.5, 0.6) is 0 Å². The van der Waals surface area contributed by atoms with Gasteiger partial charge in [-0.1, -0.05) is 18.2 Å². The van der Waals surface area contributed by atoms with Gasteiger partial charge in [0.25, 0.3) is 0 Å². The zero-order chi connectivity index (χ0) is 15.0. The average molecular weight is 286 g/mol. The van der Waals surface area contributed by atoms with Gasteiger partial charge in [0.2, 0.25) is 0 Å². The summed E-state index contributed by atoms with van der Waals surface area (Å²) in [7, 11) is 0. The first-order chi connectivity index (χ1) is 10.1. The molecular formula is C15H18N4O2. The maximum atomic E-state index is 11.2. The van der Waals surface area contributed by atoms with Crippen molar-refractivity contribution in [2.75, 3.05) is 5.32 Å². The second kappa shape index (κ2) is 5.21. The van der Waals surface area contributed by atoms with Crippen molar-refractivity contribution < 1.29 is 9.90 Å². The summed E-state index contributed by atoms with van der Waals surface area (Å²) in [6.07, 6.45) is 1.18. The molecule has 4 N–H and O–H groups in total. The maximum absolute atomic E-state index is 11.2. The molecule has 6 nitrogen and oxygen atoms in total. The van der Waals surface area contributed by atoms with E-state index in [9.17, 15) is 9.90 Å². The fourth-order valence-electron chi connectivity index (χ4n) is 2.73. The Bertz CT molecular complexity index is 660. The van der Waals surface area contributed by atoms with Gasteiger partial charge in [0.05, 0.1) is 17.5 Å². The van der Waals surface area contributed by atoms with E-state index in [-0.39, 0.29) is 12.0 Å². The SMILES string of the molecule is Cc1c(C2CC(O)C2)nn(-c2ccccc2)c1NC(N)=O. The standard InChI is InChI=1S/C15H18N4O2/c1-9-13(10-7-12(20)8-10)18-19(14(9)17-15(16)21)11-5-3-2-4-6-11/h2-6,10,12,20H,7-8H2,1H3,(H3,16,17,21). The van der Waals surface area contributed by atoms with Crippen molar-refractivity contribution in [1.82, 2.24) is 9.78 Å². The second-order valence-corrected chi connectivity index (χ2v) is 5.42. The molecule has 2 aromatic rings. The fraction of sp³-hybridized carbons (Fsp3) is 0.333. The Labute approximate surface area is 122 Å². The lowest BCUT2D eigenvalue weighted by Crippen LogP contribution is -2.27. The number of nitrogens with two attached hydrogens (primary N) is 1. The zero-order valence-corrected chi connectivity index (χ0v) is 11.8. The molecule has 110 valence electrons. The zero-order valence-electron chi connectivity index (χ0n) is 11.8. The molecule has 1 saturated carbocycles. The summed E-state index contributed by atoms with van der Waals surface area (Å²) < 4.78 is 1.69. The Kier molecular flexibility index (Phi) is 3.39. The summed E-state index contributed by atoms with van der Waals surface area (Å²) in [4.78, 5) is 11.2. The summed E-state index contributed by atoms with van der Waals surface area (Å²) in [6.45, 7) is 1.91. The van der Waals surface area contributed by atoms with Gasteiger partial charge in [-0.25, -0.2) is 9.48 Å². The van der Waals surface area contributed by atoms with Gasteiger partial charge < -0.3 is 10.8 Å². The number of hydrogen-bond donors (Lipinski definition) is 3. The number of aromatic nitrogens is 2.